The summed E-state index contributed by atoms with van der Waals surface area (Å²) < 4.78 is 26.5. The van der Waals surface area contributed by atoms with Crippen LogP contribution in [0, 0.1) is 5.92 Å². The quantitative estimate of drug-likeness (QED) is 0.750. The number of nitrogens with one attached hydrogen (secondary N) is 1. The summed E-state index contributed by atoms with van der Waals surface area (Å²) in [5.41, 5.74) is -0.723. The minimum absolute atomic E-state index is 0.100. The normalized spacial score (nSPS) is 23.8. The van der Waals surface area contributed by atoms with Gasteiger partial charge in [0.05, 0.1) is 12.2 Å². The van der Waals surface area contributed by atoms with E-state index in [2.05, 4.69) is 4.72 Å². The van der Waals surface area contributed by atoms with Crippen molar-refractivity contribution in [2.45, 2.75) is 50.5 Å². The number of sulfonamides is 1. The lowest BCUT2D eigenvalue weighted by molar-refractivity contribution is -0.138. The van der Waals surface area contributed by atoms with Crippen molar-refractivity contribution in [1.82, 2.24) is 4.72 Å². The van der Waals surface area contributed by atoms with Gasteiger partial charge in [-0.2, -0.15) is 0 Å². The van der Waals surface area contributed by atoms with Gasteiger partial charge in [0.1, 0.15) is 0 Å². The van der Waals surface area contributed by atoms with Gasteiger partial charge < -0.3 is 5.11 Å². The van der Waals surface area contributed by atoms with Crippen molar-refractivity contribution in [3.63, 3.8) is 0 Å². The molecule has 0 amide bonds. The Labute approximate surface area is 102 Å². The van der Waals surface area contributed by atoms with Crippen molar-refractivity contribution < 1.29 is 18.3 Å². The monoisotopic (exact) mass is 261 g/mol. The van der Waals surface area contributed by atoms with Crippen molar-refractivity contribution in [3.05, 3.63) is 0 Å². The van der Waals surface area contributed by atoms with Gasteiger partial charge in [0.15, 0.2) is 0 Å². The molecule has 0 aromatic carbocycles. The van der Waals surface area contributed by atoms with Crippen LogP contribution >= 0.6 is 0 Å². The molecular formula is C11H19NO4S. The second-order valence-electron chi connectivity index (χ2n) is 5.38. The zero-order valence-electron chi connectivity index (χ0n) is 9.81. The van der Waals surface area contributed by atoms with Crippen molar-refractivity contribution in [2.24, 2.45) is 5.92 Å². The van der Waals surface area contributed by atoms with E-state index in [1.165, 1.54) is 0 Å². The van der Waals surface area contributed by atoms with Gasteiger partial charge in [-0.1, -0.05) is 12.8 Å². The molecule has 98 valence electrons. The Balaban J connectivity index is 2.03. The van der Waals surface area contributed by atoms with E-state index in [9.17, 15) is 13.2 Å². The first-order chi connectivity index (χ1) is 7.91. The molecule has 2 fully saturated rings. The number of hydrogen-bond donors (Lipinski definition) is 2. The maximum absolute atomic E-state index is 11.9. The SMILES string of the molecule is O=C(O)CC1(NS(=O)(=O)CC2CC2)CCCC1. The van der Waals surface area contributed by atoms with Crippen molar-refractivity contribution in [2.75, 3.05) is 5.75 Å². The molecule has 0 aromatic heterocycles. The number of aliphatic carboxylic acids is 1. The summed E-state index contributed by atoms with van der Waals surface area (Å²) >= 11 is 0. The highest BCUT2D eigenvalue weighted by atomic mass is 32.2. The molecule has 0 atom stereocenters. The molecule has 2 aliphatic carbocycles. The Morgan fingerprint density at radius 2 is 1.88 bits per heavy atom. The van der Waals surface area contributed by atoms with E-state index in [1.807, 2.05) is 0 Å². The van der Waals surface area contributed by atoms with Crippen LogP contribution in [0.5, 0.6) is 0 Å². The number of hydrogen-bond acceptors (Lipinski definition) is 3. The van der Waals surface area contributed by atoms with Gasteiger partial charge >= 0.3 is 5.97 Å². The molecular weight excluding hydrogens is 242 g/mol. The molecule has 2 aliphatic rings. The fourth-order valence-corrected chi connectivity index (χ4v) is 4.60. The topological polar surface area (TPSA) is 83.5 Å². The predicted octanol–water partition coefficient (Wildman–Crippen LogP) is 1.10. The van der Waals surface area contributed by atoms with E-state index < -0.39 is 21.5 Å². The minimum atomic E-state index is -3.32. The zero-order valence-corrected chi connectivity index (χ0v) is 10.6. The number of carboxylic acids is 1. The first-order valence-corrected chi connectivity index (χ1v) is 7.80. The first-order valence-electron chi connectivity index (χ1n) is 6.14. The molecule has 17 heavy (non-hydrogen) atoms. The maximum Gasteiger partial charge on any atom is 0.305 e. The Bertz CT molecular complexity index is 394. The number of carboxylic acid groups (broad SMARTS) is 1. The fraction of sp³-hybridized carbons (Fsp3) is 0.909. The average Bonchev–Trinajstić information content (AvgIpc) is 2.83. The molecule has 0 saturated heterocycles. The van der Waals surface area contributed by atoms with E-state index in [0.717, 1.165) is 25.7 Å². The van der Waals surface area contributed by atoms with E-state index in [0.29, 0.717) is 12.8 Å². The van der Waals surface area contributed by atoms with Crippen LogP contribution in [-0.4, -0.2) is 30.8 Å². The van der Waals surface area contributed by atoms with E-state index >= 15 is 0 Å². The van der Waals surface area contributed by atoms with Gasteiger partial charge in [-0.25, -0.2) is 13.1 Å². The van der Waals surface area contributed by atoms with Gasteiger partial charge in [-0.05, 0) is 31.6 Å². The lowest BCUT2D eigenvalue weighted by Gasteiger charge is -2.28. The molecule has 0 heterocycles. The van der Waals surface area contributed by atoms with E-state index in [1.54, 1.807) is 0 Å². The van der Waals surface area contributed by atoms with Crippen molar-refractivity contribution >= 4 is 16.0 Å². The fourth-order valence-electron chi connectivity index (χ4n) is 2.62. The zero-order chi connectivity index (χ0) is 12.5. The van der Waals surface area contributed by atoms with Crippen molar-refractivity contribution in [3.8, 4) is 0 Å². The highest BCUT2D eigenvalue weighted by Crippen LogP contribution is 2.35. The summed E-state index contributed by atoms with van der Waals surface area (Å²) in [4.78, 5) is 10.8. The highest BCUT2D eigenvalue weighted by molar-refractivity contribution is 7.89. The Morgan fingerprint density at radius 1 is 1.29 bits per heavy atom. The highest BCUT2D eigenvalue weighted by Gasteiger charge is 2.40. The second-order valence-corrected chi connectivity index (χ2v) is 7.15. The predicted molar refractivity (Wildman–Crippen MR) is 63.1 cm³/mol. The van der Waals surface area contributed by atoms with Crippen LogP contribution in [0.25, 0.3) is 0 Å². The van der Waals surface area contributed by atoms with Crippen LogP contribution in [-0.2, 0) is 14.8 Å². The smallest absolute Gasteiger partial charge is 0.305 e. The maximum atomic E-state index is 11.9. The molecule has 0 aromatic rings. The molecule has 5 nitrogen and oxygen atoms in total. The molecule has 0 radical (unpaired) electrons. The van der Waals surface area contributed by atoms with E-state index in [4.69, 9.17) is 5.11 Å². The molecule has 2 saturated carbocycles. The summed E-state index contributed by atoms with van der Waals surface area (Å²) in [6.07, 6.45) is 4.95. The summed E-state index contributed by atoms with van der Waals surface area (Å²) in [7, 11) is -3.32. The third-order valence-electron chi connectivity index (χ3n) is 3.57. The molecule has 0 bridgehead atoms. The molecule has 2 N–H and O–H groups in total. The summed E-state index contributed by atoms with van der Waals surface area (Å²) in [5.74, 6) is -0.481. The molecule has 0 spiro atoms. The molecule has 0 aliphatic heterocycles. The lowest BCUT2D eigenvalue weighted by Crippen LogP contribution is -2.48. The second kappa shape index (κ2) is 4.57. The molecule has 6 heteroatoms. The molecule has 2 rings (SSSR count). The summed E-state index contributed by atoms with van der Waals surface area (Å²) in [5, 5.41) is 8.90. The minimum Gasteiger partial charge on any atom is -0.481 e. The van der Waals surface area contributed by atoms with Crippen molar-refractivity contribution in [1.29, 1.82) is 0 Å². The summed E-state index contributed by atoms with van der Waals surface area (Å²) in [6, 6.07) is 0. The molecule has 0 unspecified atom stereocenters. The van der Waals surface area contributed by atoms with Crippen LogP contribution in [0.1, 0.15) is 44.9 Å². The van der Waals surface area contributed by atoms with Crippen LogP contribution in [0.4, 0.5) is 0 Å². The Morgan fingerprint density at radius 3 is 2.35 bits per heavy atom. The van der Waals surface area contributed by atoms with Crippen LogP contribution in [0.2, 0.25) is 0 Å². The van der Waals surface area contributed by atoms with Crippen LogP contribution in [0.3, 0.4) is 0 Å². The standard InChI is InChI=1S/C11H19NO4S/c13-10(14)7-11(5-1-2-6-11)12-17(15,16)8-9-3-4-9/h9,12H,1-8H2,(H,13,14). The third-order valence-corrected chi connectivity index (χ3v) is 5.23. The van der Waals surface area contributed by atoms with Gasteiger partial charge in [0.25, 0.3) is 0 Å². The van der Waals surface area contributed by atoms with Gasteiger partial charge in [0, 0.05) is 5.54 Å². The van der Waals surface area contributed by atoms with Gasteiger partial charge in [-0.15, -0.1) is 0 Å². The van der Waals surface area contributed by atoms with Gasteiger partial charge in [-0.3, -0.25) is 4.79 Å². The average molecular weight is 261 g/mol. The first kappa shape index (κ1) is 12.8. The van der Waals surface area contributed by atoms with E-state index in [-0.39, 0.29) is 18.1 Å². The largest absolute Gasteiger partial charge is 0.481 e. The lowest BCUT2D eigenvalue weighted by atomic mass is 9.95. The van der Waals surface area contributed by atoms with Crippen LogP contribution in [0.15, 0.2) is 0 Å². The Kier molecular flexibility index (Phi) is 3.45. The van der Waals surface area contributed by atoms with Gasteiger partial charge in [0.2, 0.25) is 10.0 Å². The van der Waals surface area contributed by atoms with Crippen LogP contribution < -0.4 is 4.72 Å². The number of carbonyl (C=O) groups is 1. The number of rotatable bonds is 6. The Hall–Kier alpha value is -0.620. The summed E-state index contributed by atoms with van der Waals surface area (Å²) in [6.45, 7) is 0. The third kappa shape index (κ3) is 3.67.